The van der Waals surface area contributed by atoms with Crippen molar-refractivity contribution in [3.8, 4) is 0 Å². The lowest BCUT2D eigenvalue weighted by Crippen LogP contribution is -2.02. The molecule has 0 saturated carbocycles. The van der Waals surface area contributed by atoms with Crippen molar-refractivity contribution in [3.63, 3.8) is 0 Å². The van der Waals surface area contributed by atoms with Crippen LogP contribution < -0.4 is 0 Å². The molecule has 0 amide bonds. The van der Waals surface area contributed by atoms with Gasteiger partial charge in [-0.2, -0.15) is 0 Å². The van der Waals surface area contributed by atoms with Gasteiger partial charge in [0.1, 0.15) is 0 Å². The molecule has 0 aliphatic carbocycles. The highest BCUT2D eigenvalue weighted by Crippen LogP contribution is 2.35. The molecule has 1 aliphatic rings. The van der Waals surface area contributed by atoms with Crippen molar-refractivity contribution in [2.75, 3.05) is 0 Å². The predicted octanol–water partition coefficient (Wildman–Crippen LogP) is 3.15. The highest BCUT2D eigenvalue weighted by atomic mass is 16.5. The first kappa shape index (κ1) is 11.7. The van der Waals surface area contributed by atoms with Gasteiger partial charge >= 0.3 is 5.97 Å². The maximum Gasteiger partial charge on any atom is 0.339 e. The molecule has 2 aromatic rings. The Morgan fingerprint density at radius 3 is 2.68 bits per heavy atom. The van der Waals surface area contributed by atoms with Crippen LogP contribution in [0, 0.1) is 0 Å². The number of esters is 1. The molecule has 1 heterocycles. The molecule has 2 aromatic carbocycles. The molecule has 3 nitrogen and oxygen atoms in total. The maximum absolute atomic E-state index is 11.8. The lowest BCUT2D eigenvalue weighted by Gasteiger charge is -2.11. The van der Waals surface area contributed by atoms with Gasteiger partial charge in [0, 0.05) is 11.1 Å². The topological polar surface area (TPSA) is 43.4 Å². The quantitative estimate of drug-likeness (QED) is 0.609. The Morgan fingerprint density at radius 2 is 1.89 bits per heavy atom. The van der Waals surface area contributed by atoms with Gasteiger partial charge in [-0.05, 0) is 24.6 Å². The van der Waals surface area contributed by atoms with Gasteiger partial charge in [0.2, 0.25) is 0 Å². The van der Waals surface area contributed by atoms with Crippen molar-refractivity contribution in [1.82, 2.24) is 0 Å². The Bertz CT molecular complexity index is 673. The number of benzene rings is 2. The van der Waals surface area contributed by atoms with Gasteiger partial charge in [-0.25, -0.2) is 4.79 Å². The smallest absolute Gasteiger partial charge is 0.339 e. The summed E-state index contributed by atoms with van der Waals surface area (Å²) in [6.45, 7) is 1.52. The third kappa shape index (κ3) is 1.93. The average Bonchev–Trinajstić information content (AvgIpc) is 2.77. The first-order chi connectivity index (χ1) is 9.16. The fraction of sp³-hybridized carbons (Fsp3) is 0.125. The second-order valence-electron chi connectivity index (χ2n) is 4.55. The molecule has 0 aromatic heterocycles. The molecule has 19 heavy (non-hydrogen) atoms. The van der Waals surface area contributed by atoms with E-state index in [2.05, 4.69) is 0 Å². The van der Waals surface area contributed by atoms with E-state index in [0.29, 0.717) is 11.1 Å². The van der Waals surface area contributed by atoms with Crippen LogP contribution in [0.5, 0.6) is 0 Å². The number of carbonyl (C=O) groups excluding carboxylic acids is 2. The first-order valence-electron chi connectivity index (χ1n) is 6.07. The average molecular weight is 252 g/mol. The van der Waals surface area contributed by atoms with Gasteiger partial charge < -0.3 is 4.74 Å². The highest BCUT2D eigenvalue weighted by molar-refractivity contribution is 5.95. The number of ketones is 1. The number of cyclic esters (lactones) is 1. The summed E-state index contributed by atoms with van der Waals surface area (Å²) in [5.41, 5.74) is 2.90. The van der Waals surface area contributed by atoms with Gasteiger partial charge in [0.05, 0.1) is 5.56 Å². The van der Waals surface area contributed by atoms with Crippen LogP contribution >= 0.6 is 0 Å². The minimum atomic E-state index is -0.414. The van der Waals surface area contributed by atoms with Crippen molar-refractivity contribution in [1.29, 1.82) is 0 Å². The molecular formula is C16H12O3. The van der Waals surface area contributed by atoms with E-state index in [9.17, 15) is 9.59 Å². The van der Waals surface area contributed by atoms with E-state index < -0.39 is 6.10 Å². The van der Waals surface area contributed by atoms with E-state index in [1.54, 1.807) is 24.3 Å². The largest absolute Gasteiger partial charge is 0.449 e. The molecule has 0 N–H and O–H groups in total. The fourth-order valence-electron chi connectivity index (χ4n) is 2.31. The maximum atomic E-state index is 11.8. The van der Waals surface area contributed by atoms with Gasteiger partial charge in [-0.15, -0.1) is 0 Å². The fourth-order valence-corrected chi connectivity index (χ4v) is 2.31. The molecule has 0 spiro atoms. The number of Topliss-reactive ketones (excluding diaryl/α,β-unsaturated/α-hetero) is 1. The normalized spacial score (nSPS) is 16.9. The molecule has 1 atom stereocenters. The van der Waals surface area contributed by atoms with Crippen LogP contribution in [0.3, 0.4) is 0 Å². The lowest BCUT2D eigenvalue weighted by molar-refractivity contribution is 0.0456. The second-order valence-corrected chi connectivity index (χ2v) is 4.55. The van der Waals surface area contributed by atoms with Gasteiger partial charge in [-0.1, -0.05) is 36.4 Å². The second kappa shape index (κ2) is 4.35. The van der Waals surface area contributed by atoms with E-state index in [1.165, 1.54) is 6.92 Å². The monoisotopic (exact) mass is 252 g/mol. The standard InChI is InChI=1S/C16H12O3/c1-10(17)11-5-4-6-12(9-11)15-13-7-2-3-8-14(13)16(18)19-15/h2-9,15H,1H3. The highest BCUT2D eigenvalue weighted by Gasteiger charge is 2.31. The third-order valence-electron chi connectivity index (χ3n) is 3.28. The zero-order valence-corrected chi connectivity index (χ0v) is 10.4. The minimum absolute atomic E-state index is 0.000501. The van der Waals surface area contributed by atoms with E-state index >= 15 is 0 Å². The van der Waals surface area contributed by atoms with Crippen LogP contribution in [0.1, 0.15) is 44.9 Å². The number of ether oxygens (including phenoxy) is 1. The van der Waals surface area contributed by atoms with Crippen molar-refractivity contribution < 1.29 is 14.3 Å². The number of carbonyl (C=O) groups is 2. The Labute approximate surface area is 110 Å². The van der Waals surface area contributed by atoms with Crippen molar-refractivity contribution in [2.24, 2.45) is 0 Å². The molecule has 0 radical (unpaired) electrons. The van der Waals surface area contributed by atoms with Gasteiger partial charge in [0.15, 0.2) is 11.9 Å². The van der Waals surface area contributed by atoms with Crippen LogP contribution in [0.4, 0.5) is 0 Å². The SMILES string of the molecule is CC(=O)c1cccc(C2OC(=O)c3ccccc32)c1. The summed E-state index contributed by atoms with van der Waals surface area (Å²) < 4.78 is 5.40. The van der Waals surface area contributed by atoms with Crippen LogP contribution in [0.15, 0.2) is 48.5 Å². The van der Waals surface area contributed by atoms with Crippen molar-refractivity contribution >= 4 is 11.8 Å². The van der Waals surface area contributed by atoms with Gasteiger partial charge in [0.25, 0.3) is 0 Å². The number of hydrogen-bond donors (Lipinski definition) is 0. The molecule has 0 bridgehead atoms. The molecule has 94 valence electrons. The zero-order valence-electron chi connectivity index (χ0n) is 10.4. The number of hydrogen-bond acceptors (Lipinski definition) is 3. The molecule has 1 unspecified atom stereocenters. The van der Waals surface area contributed by atoms with Crippen LogP contribution in [-0.2, 0) is 4.74 Å². The van der Waals surface area contributed by atoms with Crippen molar-refractivity contribution in [3.05, 3.63) is 70.8 Å². The molecule has 3 rings (SSSR count). The molecular weight excluding hydrogens is 240 g/mol. The molecule has 0 saturated heterocycles. The zero-order chi connectivity index (χ0) is 13.4. The summed E-state index contributed by atoms with van der Waals surface area (Å²) in [5, 5.41) is 0. The Hall–Kier alpha value is -2.42. The third-order valence-corrected chi connectivity index (χ3v) is 3.28. The number of fused-ring (bicyclic) bond motifs is 1. The Balaban J connectivity index is 2.07. The molecule has 1 aliphatic heterocycles. The molecule has 3 heteroatoms. The summed E-state index contributed by atoms with van der Waals surface area (Å²) in [7, 11) is 0. The van der Waals surface area contributed by atoms with E-state index in [1.807, 2.05) is 24.3 Å². The van der Waals surface area contributed by atoms with Crippen molar-refractivity contribution in [2.45, 2.75) is 13.0 Å². The van der Waals surface area contributed by atoms with Crippen LogP contribution in [0.2, 0.25) is 0 Å². The number of rotatable bonds is 2. The van der Waals surface area contributed by atoms with Gasteiger partial charge in [-0.3, -0.25) is 4.79 Å². The molecule has 0 fully saturated rings. The minimum Gasteiger partial charge on any atom is -0.449 e. The summed E-state index contributed by atoms with van der Waals surface area (Å²) >= 11 is 0. The van der Waals surface area contributed by atoms with E-state index in [4.69, 9.17) is 4.74 Å². The summed E-state index contributed by atoms with van der Waals surface area (Å²) in [6, 6.07) is 14.5. The Kier molecular flexibility index (Phi) is 2.67. The Morgan fingerprint density at radius 1 is 1.11 bits per heavy atom. The predicted molar refractivity (Wildman–Crippen MR) is 70.1 cm³/mol. The van der Waals surface area contributed by atoms with E-state index in [0.717, 1.165) is 11.1 Å². The summed E-state index contributed by atoms with van der Waals surface area (Å²) in [5.74, 6) is -0.312. The van der Waals surface area contributed by atoms with E-state index in [-0.39, 0.29) is 11.8 Å². The van der Waals surface area contributed by atoms with Crippen LogP contribution in [0.25, 0.3) is 0 Å². The lowest BCUT2D eigenvalue weighted by atomic mass is 9.97. The summed E-state index contributed by atoms with van der Waals surface area (Å²) in [4.78, 5) is 23.2. The summed E-state index contributed by atoms with van der Waals surface area (Å²) in [6.07, 6.45) is -0.414. The first-order valence-corrected chi connectivity index (χ1v) is 6.07. The van der Waals surface area contributed by atoms with Crippen LogP contribution in [-0.4, -0.2) is 11.8 Å².